The molecule has 7 heteroatoms. The summed E-state index contributed by atoms with van der Waals surface area (Å²) in [5.74, 6) is 0.0329. The molecule has 6 nitrogen and oxygen atoms in total. The van der Waals surface area contributed by atoms with E-state index in [4.69, 9.17) is 0 Å². The number of nitrogens with zero attached hydrogens (tertiary/aromatic N) is 2. The number of hydrogen-bond acceptors (Lipinski definition) is 4. The topological polar surface area (TPSA) is 69.7 Å². The third-order valence-electron chi connectivity index (χ3n) is 4.70. The Hall–Kier alpha value is -1.60. The van der Waals surface area contributed by atoms with Crippen LogP contribution in [0.2, 0.25) is 0 Å². The number of carbonyl (C=O) groups excluding carboxylic acids is 1. The Balaban J connectivity index is 1.81. The number of hydrogen-bond donors (Lipinski definition) is 1. The first-order chi connectivity index (χ1) is 10.9. The van der Waals surface area contributed by atoms with E-state index in [1.54, 1.807) is 12.1 Å². The van der Waals surface area contributed by atoms with Crippen molar-refractivity contribution in [1.29, 1.82) is 0 Å². The molecule has 0 aliphatic carbocycles. The average molecular weight is 337 g/mol. The van der Waals surface area contributed by atoms with Gasteiger partial charge >= 0.3 is 0 Å². The smallest absolute Gasteiger partial charge is 0.253 e. The number of anilines is 1. The number of piperidine rings is 1. The standard InChI is InChI=1S/C16H23N3O3S/c1-17-14-4-3-8-18(11-14)16(20)13-5-6-15-12(10-13)7-9-19(15)23(2,21)22/h5-6,10,14,17H,3-4,7-9,11H2,1-2H3. The van der Waals surface area contributed by atoms with Crippen molar-refractivity contribution in [3.8, 4) is 0 Å². The number of benzene rings is 1. The minimum Gasteiger partial charge on any atom is -0.337 e. The zero-order valence-corrected chi connectivity index (χ0v) is 14.4. The second kappa shape index (κ2) is 6.13. The lowest BCUT2D eigenvalue weighted by atomic mass is 10.0. The van der Waals surface area contributed by atoms with E-state index in [1.165, 1.54) is 10.6 Å². The second-order valence-electron chi connectivity index (χ2n) is 6.31. The van der Waals surface area contributed by atoms with E-state index in [0.29, 0.717) is 30.3 Å². The molecule has 1 fully saturated rings. The summed E-state index contributed by atoms with van der Waals surface area (Å²) in [5.41, 5.74) is 2.29. The number of nitrogens with one attached hydrogen (secondary N) is 1. The molecule has 1 unspecified atom stereocenters. The Morgan fingerprint density at radius 2 is 2.09 bits per heavy atom. The van der Waals surface area contributed by atoms with Crippen LogP contribution in [-0.4, -0.2) is 58.2 Å². The molecule has 2 aliphatic heterocycles. The zero-order valence-electron chi connectivity index (χ0n) is 13.6. The summed E-state index contributed by atoms with van der Waals surface area (Å²) in [4.78, 5) is 14.6. The molecule has 2 heterocycles. The van der Waals surface area contributed by atoms with Gasteiger partial charge in [0.05, 0.1) is 11.9 Å². The normalized spacial score (nSPS) is 21.4. The van der Waals surface area contributed by atoms with E-state index in [2.05, 4.69) is 5.32 Å². The number of amides is 1. The quantitative estimate of drug-likeness (QED) is 0.887. The molecule has 1 N–H and O–H groups in total. The Bertz CT molecular complexity index is 717. The van der Waals surface area contributed by atoms with E-state index in [1.807, 2.05) is 18.0 Å². The molecule has 126 valence electrons. The predicted octanol–water partition coefficient (Wildman–Crippen LogP) is 0.833. The van der Waals surface area contributed by atoms with Gasteiger partial charge in [-0.3, -0.25) is 9.10 Å². The van der Waals surface area contributed by atoms with Crippen LogP contribution in [0.15, 0.2) is 18.2 Å². The van der Waals surface area contributed by atoms with Crippen molar-refractivity contribution in [2.75, 3.05) is 37.2 Å². The van der Waals surface area contributed by atoms with Crippen LogP contribution < -0.4 is 9.62 Å². The SMILES string of the molecule is CNC1CCCN(C(=O)c2ccc3c(c2)CCN3S(C)(=O)=O)C1. The molecule has 2 aliphatic rings. The molecule has 0 bridgehead atoms. The fraction of sp³-hybridized carbons (Fsp3) is 0.562. The molecule has 23 heavy (non-hydrogen) atoms. The number of likely N-dealkylation sites (N-methyl/N-ethyl adjacent to an activating group) is 1. The molecule has 1 saturated heterocycles. The van der Waals surface area contributed by atoms with Crippen LogP contribution in [0.25, 0.3) is 0 Å². The Morgan fingerprint density at radius 3 is 2.78 bits per heavy atom. The monoisotopic (exact) mass is 337 g/mol. The second-order valence-corrected chi connectivity index (χ2v) is 8.21. The summed E-state index contributed by atoms with van der Waals surface area (Å²) in [6, 6.07) is 5.71. The van der Waals surface area contributed by atoms with Crippen molar-refractivity contribution in [2.24, 2.45) is 0 Å². The highest BCUT2D eigenvalue weighted by atomic mass is 32.2. The lowest BCUT2D eigenvalue weighted by Crippen LogP contribution is -2.46. The molecule has 1 aromatic rings. The number of fused-ring (bicyclic) bond motifs is 1. The molecule has 0 spiro atoms. The van der Waals surface area contributed by atoms with Gasteiger partial charge in [-0.2, -0.15) is 0 Å². The minimum atomic E-state index is -3.25. The molecule has 3 rings (SSSR count). The van der Waals surface area contributed by atoms with Gasteiger partial charge in [0.2, 0.25) is 10.0 Å². The fourth-order valence-electron chi connectivity index (χ4n) is 3.43. The van der Waals surface area contributed by atoms with Crippen LogP contribution >= 0.6 is 0 Å². The first-order valence-corrected chi connectivity index (χ1v) is 9.82. The maximum atomic E-state index is 12.7. The van der Waals surface area contributed by atoms with Gasteiger partial charge in [-0.15, -0.1) is 0 Å². The first kappa shape index (κ1) is 16.3. The highest BCUT2D eigenvalue weighted by Gasteiger charge is 2.28. The van der Waals surface area contributed by atoms with Crippen LogP contribution in [0.1, 0.15) is 28.8 Å². The van der Waals surface area contributed by atoms with Gasteiger partial charge in [0.25, 0.3) is 5.91 Å². The highest BCUT2D eigenvalue weighted by molar-refractivity contribution is 7.92. The molecular weight excluding hydrogens is 314 g/mol. The van der Waals surface area contributed by atoms with Crippen molar-refractivity contribution in [3.63, 3.8) is 0 Å². The van der Waals surface area contributed by atoms with Crippen LogP contribution in [0, 0.1) is 0 Å². The molecular formula is C16H23N3O3S. The van der Waals surface area contributed by atoms with Crippen molar-refractivity contribution >= 4 is 21.6 Å². The molecule has 0 saturated carbocycles. The van der Waals surface area contributed by atoms with Crippen LogP contribution in [-0.2, 0) is 16.4 Å². The number of sulfonamides is 1. The van der Waals surface area contributed by atoms with Crippen molar-refractivity contribution in [1.82, 2.24) is 10.2 Å². The third kappa shape index (κ3) is 3.21. The van der Waals surface area contributed by atoms with Crippen LogP contribution in [0.5, 0.6) is 0 Å². The Morgan fingerprint density at radius 1 is 1.30 bits per heavy atom. The summed E-state index contributed by atoms with van der Waals surface area (Å²) in [6.45, 7) is 1.96. The van der Waals surface area contributed by atoms with Gasteiger partial charge in [0.1, 0.15) is 0 Å². The van der Waals surface area contributed by atoms with Gasteiger partial charge < -0.3 is 10.2 Å². The van der Waals surface area contributed by atoms with Crippen molar-refractivity contribution < 1.29 is 13.2 Å². The minimum absolute atomic E-state index is 0.0329. The molecule has 1 amide bonds. The average Bonchev–Trinajstić information content (AvgIpc) is 2.97. The van der Waals surface area contributed by atoms with Crippen LogP contribution in [0.3, 0.4) is 0 Å². The van der Waals surface area contributed by atoms with Crippen LogP contribution in [0.4, 0.5) is 5.69 Å². The van der Waals surface area contributed by atoms with E-state index >= 15 is 0 Å². The van der Waals surface area contributed by atoms with E-state index < -0.39 is 10.0 Å². The molecule has 1 aromatic carbocycles. The van der Waals surface area contributed by atoms with E-state index in [9.17, 15) is 13.2 Å². The maximum Gasteiger partial charge on any atom is 0.253 e. The number of carbonyl (C=O) groups is 1. The van der Waals surface area contributed by atoms with Gasteiger partial charge in [0.15, 0.2) is 0 Å². The van der Waals surface area contributed by atoms with Crippen molar-refractivity contribution in [2.45, 2.75) is 25.3 Å². The summed E-state index contributed by atoms with van der Waals surface area (Å²) < 4.78 is 25.0. The third-order valence-corrected chi connectivity index (χ3v) is 5.88. The summed E-state index contributed by atoms with van der Waals surface area (Å²) in [5, 5.41) is 3.24. The summed E-state index contributed by atoms with van der Waals surface area (Å²) >= 11 is 0. The summed E-state index contributed by atoms with van der Waals surface area (Å²) in [6.07, 6.45) is 3.97. The molecule has 1 atom stereocenters. The van der Waals surface area contributed by atoms with Gasteiger partial charge in [-0.1, -0.05) is 0 Å². The highest BCUT2D eigenvalue weighted by Crippen LogP contribution is 2.31. The lowest BCUT2D eigenvalue weighted by Gasteiger charge is -2.32. The lowest BCUT2D eigenvalue weighted by molar-refractivity contribution is 0.0698. The van der Waals surface area contributed by atoms with E-state index in [0.717, 1.165) is 31.5 Å². The molecule has 0 radical (unpaired) electrons. The number of rotatable bonds is 3. The maximum absolute atomic E-state index is 12.7. The fourth-order valence-corrected chi connectivity index (χ4v) is 4.39. The van der Waals surface area contributed by atoms with Gasteiger partial charge in [-0.25, -0.2) is 8.42 Å². The summed E-state index contributed by atoms with van der Waals surface area (Å²) in [7, 11) is -1.33. The zero-order chi connectivity index (χ0) is 16.6. The van der Waals surface area contributed by atoms with Crippen molar-refractivity contribution in [3.05, 3.63) is 29.3 Å². The Labute approximate surface area is 137 Å². The Kier molecular flexibility index (Phi) is 4.33. The van der Waals surface area contributed by atoms with Gasteiger partial charge in [-0.05, 0) is 50.1 Å². The number of likely N-dealkylation sites (tertiary alicyclic amines) is 1. The van der Waals surface area contributed by atoms with Gasteiger partial charge in [0, 0.05) is 31.2 Å². The molecule has 0 aromatic heterocycles. The first-order valence-electron chi connectivity index (χ1n) is 7.97. The van der Waals surface area contributed by atoms with E-state index in [-0.39, 0.29) is 5.91 Å². The predicted molar refractivity (Wildman–Crippen MR) is 90.3 cm³/mol. The largest absolute Gasteiger partial charge is 0.337 e.